The summed E-state index contributed by atoms with van der Waals surface area (Å²) in [4.78, 5) is 29.4. The summed E-state index contributed by atoms with van der Waals surface area (Å²) in [6.45, 7) is 2.37. The van der Waals surface area contributed by atoms with Gasteiger partial charge in [-0.2, -0.15) is 13.8 Å². The number of aromatic carboxylic acids is 1. The fourth-order valence-electron chi connectivity index (χ4n) is 5.13. The van der Waals surface area contributed by atoms with Gasteiger partial charge in [-0.1, -0.05) is 36.4 Å². The number of carbonyl (C=O) groups excluding carboxylic acids is 1. The molecule has 0 atom stereocenters. The maximum atomic E-state index is 16.1. The first-order chi connectivity index (χ1) is 21.2. The number of nitrogens with zero attached hydrogens (tertiary/aromatic N) is 2. The Morgan fingerprint density at radius 2 is 1.61 bits per heavy atom. The molecule has 0 bridgehead atoms. The van der Waals surface area contributed by atoms with E-state index in [2.05, 4.69) is 4.98 Å². The monoisotopic (exact) mass is 603 g/mol. The third-order valence-electron chi connectivity index (χ3n) is 7.46. The summed E-state index contributed by atoms with van der Waals surface area (Å²) in [5, 5.41) is 9.67. The van der Waals surface area contributed by atoms with E-state index in [0.29, 0.717) is 24.9 Å². The van der Waals surface area contributed by atoms with Crippen LogP contribution in [-0.2, 0) is 16.1 Å². The Kier molecular flexibility index (Phi) is 9.05. The number of hydrogen-bond acceptors (Lipinski definition) is 8. The summed E-state index contributed by atoms with van der Waals surface area (Å²) in [5.41, 5.74) is 8.33. The molecule has 0 saturated carbocycles. The number of aromatic nitrogens is 1. The maximum Gasteiger partial charge on any atom is 0.339 e. The minimum Gasteiger partial charge on any atom is -0.478 e. The number of piperidine rings is 1. The second-order valence-corrected chi connectivity index (χ2v) is 10.4. The minimum absolute atomic E-state index is 0.147. The van der Waals surface area contributed by atoms with Crippen molar-refractivity contribution in [1.82, 2.24) is 4.98 Å². The van der Waals surface area contributed by atoms with Crippen LogP contribution in [0.5, 0.6) is 23.3 Å². The van der Waals surface area contributed by atoms with Crippen molar-refractivity contribution in [3.63, 3.8) is 0 Å². The molecule has 5 rings (SSSR count). The number of methoxy groups -OCH3 is 1. The first kappa shape index (κ1) is 30.4. The van der Waals surface area contributed by atoms with E-state index in [4.69, 9.17) is 19.9 Å². The second-order valence-electron chi connectivity index (χ2n) is 10.4. The number of hydrogen-bond donors (Lipinski definition) is 2. The Labute approximate surface area is 252 Å². The van der Waals surface area contributed by atoms with Gasteiger partial charge in [0.05, 0.1) is 13.0 Å². The fraction of sp³-hybridized carbons (Fsp3) is 0.242. The van der Waals surface area contributed by atoms with Crippen LogP contribution in [0.25, 0.3) is 11.1 Å². The van der Waals surface area contributed by atoms with Gasteiger partial charge in [0.2, 0.25) is 11.6 Å². The first-order valence-electron chi connectivity index (χ1n) is 14.0. The highest BCUT2D eigenvalue weighted by Gasteiger charge is 2.32. The number of halogens is 2. The lowest BCUT2D eigenvalue weighted by Gasteiger charge is -2.33. The van der Waals surface area contributed by atoms with Gasteiger partial charge in [0, 0.05) is 19.6 Å². The molecule has 44 heavy (non-hydrogen) atoms. The van der Waals surface area contributed by atoms with Crippen molar-refractivity contribution in [3.05, 3.63) is 95.1 Å². The minimum atomic E-state index is -1.29. The van der Waals surface area contributed by atoms with Gasteiger partial charge in [-0.15, -0.1) is 0 Å². The van der Waals surface area contributed by atoms with Crippen LogP contribution >= 0.6 is 0 Å². The van der Waals surface area contributed by atoms with Crippen LogP contribution in [0, 0.1) is 24.5 Å². The standard InChI is InChI=1S/C33H31F2N3O6/c1-19-9-10-25(32(39)40)26(15-19)44-31-28(35)29(38-13-11-21(12-14-38)33(41)42-2)27(34)30(37-31)43-24-8-4-7-23(17-24)22-6-3-5-20(16-22)18-36/h3-10,15-17,21H,11-14,18,36H2,1-2H3,(H,39,40). The molecule has 4 aromatic rings. The van der Waals surface area contributed by atoms with Crippen molar-refractivity contribution in [1.29, 1.82) is 0 Å². The summed E-state index contributed by atoms with van der Waals surface area (Å²) in [5.74, 6) is -5.44. The van der Waals surface area contributed by atoms with Gasteiger partial charge in [-0.25, -0.2) is 4.79 Å². The molecule has 0 amide bonds. The molecule has 0 unspecified atom stereocenters. The molecule has 0 spiro atoms. The number of aryl methyl sites for hydroxylation is 1. The molecule has 1 aromatic heterocycles. The Bertz CT molecular complexity index is 1710. The van der Waals surface area contributed by atoms with Gasteiger partial charge in [-0.3, -0.25) is 4.79 Å². The molecule has 0 radical (unpaired) electrons. The zero-order chi connectivity index (χ0) is 31.4. The number of carboxylic acid groups (broad SMARTS) is 1. The van der Waals surface area contributed by atoms with Crippen molar-refractivity contribution in [2.45, 2.75) is 26.3 Å². The van der Waals surface area contributed by atoms with Gasteiger partial charge in [-0.05, 0) is 72.4 Å². The average molecular weight is 604 g/mol. The van der Waals surface area contributed by atoms with E-state index in [1.165, 1.54) is 24.1 Å². The molecule has 1 aliphatic rings. The second kappa shape index (κ2) is 13.1. The number of carboxylic acids is 1. The van der Waals surface area contributed by atoms with Crippen LogP contribution in [0.15, 0.2) is 66.7 Å². The average Bonchev–Trinajstić information content (AvgIpc) is 3.03. The summed E-state index contributed by atoms with van der Waals surface area (Å²) in [6, 6.07) is 18.8. The summed E-state index contributed by atoms with van der Waals surface area (Å²) >= 11 is 0. The van der Waals surface area contributed by atoms with E-state index >= 15 is 8.78 Å². The number of benzene rings is 3. The molecule has 228 valence electrons. The lowest BCUT2D eigenvalue weighted by molar-refractivity contribution is -0.146. The number of nitrogens with two attached hydrogens (primary N) is 1. The van der Waals surface area contributed by atoms with Gasteiger partial charge >= 0.3 is 11.9 Å². The summed E-state index contributed by atoms with van der Waals surface area (Å²) in [7, 11) is 1.30. The summed E-state index contributed by atoms with van der Waals surface area (Å²) in [6.07, 6.45) is 0.621. The number of rotatable bonds is 9. The molecular weight excluding hydrogens is 572 g/mol. The van der Waals surface area contributed by atoms with Gasteiger partial charge in [0.25, 0.3) is 11.8 Å². The Balaban J connectivity index is 1.55. The van der Waals surface area contributed by atoms with E-state index in [1.54, 1.807) is 31.2 Å². The van der Waals surface area contributed by atoms with E-state index in [0.717, 1.165) is 16.7 Å². The molecule has 1 saturated heterocycles. The number of esters is 1. The third kappa shape index (κ3) is 6.47. The highest BCUT2D eigenvalue weighted by atomic mass is 19.1. The zero-order valence-electron chi connectivity index (χ0n) is 24.2. The molecule has 1 aliphatic heterocycles. The highest BCUT2D eigenvalue weighted by molar-refractivity contribution is 5.91. The molecule has 11 heteroatoms. The Morgan fingerprint density at radius 1 is 0.955 bits per heavy atom. The number of carbonyl (C=O) groups is 2. The first-order valence-corrected chi connectivity index (χ1v) is 14.0. The van der Waals surface area contributed by atoms with Crippen molar-refractivity contribution in [2.24, 2.45) is 11.7 Å². The molecular formula is C33H31F2N3O6. The normalized spacial score (nSPS) is 13.4. The Morgan fingerprint density at radius 3 is 2.27 bits per heavy atom. The Hall–Kier alpha value is -5.03. The quantitative estimate of drug-likeness (QED) is 0.207. The van der Waals surface area contributed by atoms with Crippen LogP contribution in [0.2, 0.25) is 0 Å². The maximum absolute atomic E-state index is 16.1. The lowest BCUT2D eigenvalue weighted by atomic mass is 9.96. The third-order valence-corrected chi connectivity index (χ3v) is 7.46. The van der Waals surface area contributed by atoms with Gasteiger partial charge in [0.1, 0.15) is 22.7 Å². The predicted molar refractivity (Wildman–Crippen MR) is 159 cm³/mol. The SMILES string of the molecule is COC(=O)C1CCN(c2c(F)c(Oc3cccc(-c4cccc(CN)c4)c3)nc(Oc3cc(C)ccc3C(=O)O)c2F)CC1. The van der Waals surface area contributed by atoms with Gasteiger partial charge in [0.15, 0.2) is 0 Å². The topological polar surface area (TPSA) is 124 Å². The van der Waals surface area contributed by atoms with Crippen LogP contribution in [0.1, 0.15) is 34.3 Å². The van der Waals surface area contributed by atoms with Crippen LogP contribution in [0.3, 0.4) is 0 Å². The predicted octanol–water partition coefficient (Wildman–Crippen LogP) is 6.47. The largest absolute Gasteiger partial charge is 0.478 e. The van der Waals surface area contributed by atoms with E-state index < -0.39 is 41.0 Å². The molecule has 2 heterocycles. The fourth-order valence-corrected chi connectivity index (χ4v) is 5.13. The number of anilines is 1. The van der Waals surface area contributed by atoms with Gasteiger partial charge < -0.3 is 30.0 Å². The van der Waals surface area contributed by atoms with Crippen molar-refractivity contribution in [2.75, 3.05) is 25.1 Å². The molecule has 9 nitrogen and oxygen atoms in total. The van der Waals surface area contributed by atoms with Crippen LogP contribution in [0.4, 0.5) is 14.5 Å². The smallest absolute Gasteiger partial charge is 0.339 e. The molecule has 0 aliphatic carbocycles. The number of ether oxygens (including phenoxy) is 3. The van der Waals surface area contributed by atoms with Crippen LogP contribution < -0.4 is 20.1 Å². The van der Waals surface area contributed by atoms with E-state index in [9.17, 15) is 14.7 Å². The van der Waals surface area contributed by atoms with Crippen molar-refractivity contribution >= 4 is 17.6 Å². The highest BCUT2D eigenvalue weighted by Crippen LogP contribution is 2.40. The van der Waals surface area contributed by atoms with E-state index in [-0.39, 0.29) is 36.1 Å². The summed E-state index contributed by atoms with van der Waals surface area (Å²) < 4.78 is 48.6. The van der Waals surface area contributed by atoms with Crippen molar-refractivity contribution < 1.29 is 37.7 Å². The number of pyridine rings is 1. The van der Waals surface area contributed by atoms with Crippen molar-refractivity contribution in [3.8, 4) is 34.4 Å². The van der Waals surface area contributed by atoms with Crippen LogP contribution in [-0.4, -0.2) is 42.2 Å². The molecule has 1 fully saturated rings. The molecule has 3 aromatic carbocycles. The lowest BCUT2D eigenvalue weighted by Crippen LogP contribution is -2.37. The molecule has 3 N–H and O–H groups in total. The van der Waals surface area contributed by atoms with E-state index in [1.807, 2.05) is 30.3 Å². The zero-order valence-corrected chi connectivity index (χ0v) is 24.2.